The zero-order valence-corrected chi connectivity index (χ0v) is 28.0. The van der Waals surface area contributed by atoms with Crippen LogP contribution in [-0.2, 0) is 33.3 Å². The van der Waals surface area contributed by atoms with Gasteiger partial charge in [-0.15, -0.1) is 0 Å². The molecule has 0 spiro atoms. The van der Waals surface area contributed by atoms with E-state index in [1.165, 1.54) is 12.1 Å². The van der Waals surface area contributed by atoms with Gasteiger partial charge in [-0.05, 0) is 67.9 Å². The molecule has 1 saturated heterocycles. The number of carbonyl (C=O) groups excluding carboxylic acids is 3. The molecule has 262 valence electrons. The van der Waals surface area contributed by atoms with Gasteiger partial charge < -0.3 is 10.2 Å². The number of alkyl halides is 6. The van der Waals surface area contributed by atoms with E-state index in [1.807, 2.05) is 26.0 Å². The smallest absolute Gasteiger partial charge is 0.372 e. The molecule has 3 atom stereocenters. The number of amides is 3. The number of nitrogens with one attached hydrogen (secondary N) is 1. The molecule has 1 fully saturated rings. The van der Waals surface area contributed by atoms with E-state index in [2.05, 4.69) is 10.2 Å². The lowest BCUT2D eigenvalue weighted by Gasteiger charge is -2.31. The van der Waals surface area contributed by atoms with Crippen molar-refractivity contribution >= 4 is 57.9 Å². The van der Waals surface area contributed by atoms with Gasteiger partial charge in [-0.25, -0.2) is 4.90 Å². The lowest BCUT2D eigenvalue weighted by molar-refractivity contribution is -0.138. The molecule has 50 heavy (non-hydrogen) atoms. The molecule has 8 nitrogen and oxygen atoms in total. The number of anilines is 3. The zero-order chi connectivity index (χ0) is 36.1. The van der Waals surface area contributed by atoms with E-state index < -0.39 is 69.7 Å². The highest BCUT2D eigenvalue weighted by Gasteiger charge is 2.57. The number of rotatable bonds is 8. The van der Waals surface area contributed by atoms with Crippen LogP contribution < -0.4 is 20.0 Å². The normalized spacial score (nSPS) is 19.0. The Labute approximate surface area is 289 Å². The van der Waals surface area contributed by atoms with E-state index in [1.54, 1.807) is 12.1 Å². The summed E-state index contributed by atoms with van der Waals surface area (Å²) >= 11 is 1.63. The number of benzene rings is 3. The Balaban J connectivity index is 1.40. The summed E-state index contributed by atoms with van der Waals surface area (Å²) < 4.78 is 81.6. The van der Waals surface area contributed by atoms with Gasteiger partial charge in [-0.3, -0.25) is 23.7 Å². The molecule has 2 aliphatic heterocycles. The molecule has 0 radical (unpaired) electrons. The Kier molecular flexibility index (Phi) is 9.37. The number of hydrogen-bond acceptors (Lipinski definition) is 7. The maximum absolute atomic E-state index is 14.1. The van der Waals surface area contributed by atoms with Crippen molar-refractivity contribution in [2.24, 2.45) is 5.92 Å². The van der Waals surface area contributed by atoms with Crippen LogP contribution in [-0.4, -0.2) is 40.6 Å². The van der Waals surface area contributed by atoms with Crippen molar-refractivity contribution in [3.05, 3.63) is 104 Å². The molecule has 3 aromatic carbocycles. The molecule has 4 aromatic rings. The molecule has 3 heterocycles. The maximum Gasteiger partial charge on any atom is 0.416 e. The molecule has 16 heteroatoms. The number of nitrogens with zero attached hydrogens (tertiary/aromatic N) is 3. The van der Waals surface area contributed by atoms with E-state index in [4.69, 9.17) is 0 Å². The third-order valence-electron chi connectivity index (χ3n) is 8.64. The Hall–Kier alpha value is -4.57. The van der Waals surface area contributed by atoms with E-state index >= 15 is 0 Å². The Morgan fingerprint density at radius 3 is 2.08 bits per heavy atom. The lowest BCUT2D eigenvalue weighted by Crippen LogP contribution is -2.33. The summed E-state index contributed by atoms with van der Waals surface area (Å²) in [6, 6.07) is 15.1. The summed E-state index contributed by atoms with van der Waals surface area (Å²) in [5.41, 5.74) is -0.952. The third-order valence-corrected chi connectivity index (χ3v) is 11.2. The SMILES string of the molecule is CCN(CC)c1ccc([C@H]2c3sc(=O)n(CC(=O)Nc4cccc(C(F)(F)F)c4)c3SC3C(=O)N(c4cccc(C(F)(F)F)c4)C(=O)C32)cc1. The van der Waals surface area contributed by atoms with Gasteiger partial charge in [-0.1, -0.05) is 47.4 Å². The summed E-state index contributed by atoms with van der Waals surface area (Å²) in [5.74, 6) is -4.29. The van der Waals surface area contributed by atoms with Gasteiger partial charge >= 0.3 is 17.2 Å². The molecular formula is C34H28F6N4O4S2. The Morgan fingerprint density at radius 2 is 1.46 bits per heavy atom. The van der Waals surface area contributed by atoms with Crippen molar-refractivity contribution in [3.63, 3.8) is 0 Å². The number of imide groups is 1. The third kappa shape index (κ3) is 6.53. The van der Waals surface area contributed by atoms with Crippen LogP contribution in [0.5, 0.6) is 0 Å². The number of fused-ring (bicyclic) bond motifs is 2. The molecule has 6 rings (SSSR count). The van der Waals surface area contributed by atoms with Crippen LogP contribution in [0.2, 0.25) is 0 Å². The number of hydrogen-bond donors (Lipinski definition) is 1. The van der Waals surface area contributed by atoms with Crippen LogP contribution in [0, 0.1) is 5.92 Å². The highest BCUT2D eigenvalue weighted by molar-refractivity contribution is 8.00. The highest BCUT2D eigenvalue weighted by atomic mass is 32.2. The summed E-state index contributed by atoms with van der Waals surface area (Å²) in [6.45, 7) is 4.80. The van der Waals surface area contributed by atoms with Crippen molar-refractivity contribution in [2.75, 3.05) is 28.2 Å². The number of aromatic nitrogens is 1. The summed E-state index contributed by atoms with van der Waals surface area (Å²) in [6.07, 6.45) is -9.38. The van der Waals surface area contributed by atoms with E-state index in [-0.39, 0.29) is 16.4 Å². The minimum Gasteiger partial charge on any atom is -0.372 e. The van der Waals surface area contributed by atoms with Crippen molar-refractivity contribution in [3.8, 4) is 0 Å². The minimum atomic E-state index is -4.73. The fraction of sp³-hybridized carbons (Fsp3) is 0.294. The lowest BCUT2D eigenvalue weighted by atomic mass is 9.83. The van der Waals surface area contributed by atoms with Crippen LogP contribution in [0.25, 0.3) is 0 Å². The molecule has 3 amide bonds. The topological polar surface area (TPSA) is 91.7 Å². The number of thioether (sulfide) groups is 1. The Bertz CT molecular complexity index is 2020. The van der Waals surface area contributed by atoms with Gasteiger partial charge in [0.25, 0.3) is 0 Å². The molecule has 1 N–H and O–H groups in total. The van der Waals surface area contributed by atoms with Gasteiger partial charge in [0.1, 0.15) is 11.8 Å². The minimum absolute atomic E-state index is 0.144. The van der Waals surface area contributed by atoms with Gasteiger partial charge in [0.2, 0.25) is 17.7 Å². The van der Waals surface area contributed by atoms with Crippen LogP contribution >= 0.6 is 23.1 Å². The van der Waals surface area contributed by atoms with Gasteiger partial charge in [-0.2, -0.15) is 26.3 Å². The second-order valence-corrected chi connectivity index (χ2v) is 13.7. The number of carbonyl (C=O) groups is 3. The molecule has 2 unspecified atom stereocenters. The van der Waals surface area contributed by atoms with E-state index in [0.717, 1.165) is 87.7 Å². The summed E-state index contributed by atoms with van der Waals surface area (Å²) in [5, 5.41) is 1.43. The second kappa shape index (κ2) is 13.3. The molecule has 0 bridgehead atoms. The largest absolute Gasteiger partial charge is 0.416 e. The molecular weight excluding hydrogens is 707 g/mol. The quantitative estimate of drug-likeness (QED) is 0.152. The van der Waals surface area contributed by atoms with Crippen LogP contribution in [0.4, 0.5) is 43.4 Å². The predicted molar refractivity (Wildman–Crippen MR) is 178 cm³/mol. The van der Waals surface area contributed by atoms with E-state index in [0.29, 0.717) is 10.4 Å². The van der Waals surface area contributed by atoms with E-state index in [9.17, 15) is 45.5 Å². The monoisotopic (exact) mass is 734 g/mol. The van der Waals surface area contributed by atoms with Crippen LogP contribution in [0.3, 0.4) is 0 Å². The first-order valence-electron chi connectivity index (χ1n) is 15.4. The van der Waals surface area contributed by atoms with Gasteiger partial charge in [0.05, 0.1) is 27.8 Å². The van der Waals surface area contributed by atoms with Crippen LogP contribution in [0.1, 0.15) is 41.3 Å². The number of halogens is 6. The fourth-order valence-electron chi connectivity index (χ4n) is 6.29. The number of thiazole rings is 1. The first kappa shape index (κ1) is 35.3. The molecule has 2 aliphatic rings. The summed E-state index contributed by atoms with van der Waals surface area (Å²) in [7, 11) is 0. The predicted octanol–water partition coefficient (Wildman–Crippen LogP) is 7.23. The first-order valence-corrected chi connectivity index (χ1v) is 17.1. The van der Waals surface area contributed by atoms with Crippen molar-refractivity contribution < 1.29 is 40.7 Å². The van der Waals surface area contributed by atoms with Gasteiger partial charge in [0, 0.05) is 35.3 Å². The zero-order valence-electron chi connectivity index (χ0n) is 26.3. The van der Waals surface area contributed by atoms with Gasteiger partial charge in [0.15, 0.2) is 0 Å². The van der Waals surface area contributed by atoms with Crippen LogP contribution in [0.15, 0.2) is 82.6 Å². The molecule has 0 aliphatic carbocycles. The fourth-order valence-corrected chi connectivity index (χ4v) is 9.06. The Morgan fingerprint density at radius 1 is 0.840 bits per heavy atom. The average Bonchev–Trinajstić information content (AvgIpc) is 3.51. The molecule has 1 aromatic heterocycles. The highest BCUT2D eigenvalue weighted by Crippen LogP contribution is 2.54. The van der Waals surface area contributed by atoms with Crippen molar-refractivity contribution in [2.45, 2.75) is 48.9 Å². The average molecular weight is 735 g/mol. The standard InChI is InChI=1S/C34H28F6N4O4S2/c1-3-42(4-2)22-13-11-18(12-14-22)25-26-27(30(47)44(29(26)46)23-10-6-8-20(16-23)34(38,39)40)49-31-28(25)50-32(48)43(31)17-24(45)41-21-9-5-7-19(15-21)33(35,36)37/h5-16,25-27H,3-4,17H2,1-2H3,(H,41,45)/t25-,26?,27?/m1/s1. The first-order chi connectivity index (χ1) is 23.6. The van der Waals surface area contributed by atoms with Crippen molar-refractivity contribution in [1.29, 1.82) is 0 Å². The second-order valence-electron chi connectivity index (χ2n) is 11.6. The summed E-state index contributed by atoms with van der Waals surface area (Å²) in [4.78, 5) is 57.2. The maximum atomic E-state index is 14.1. The van der Waals surface area contributed by atoms with Crippen molar-refractivity contribution in [1.82, 2.24) is 4.57 Å². The molecule has 0 saturated carbocycles.